The van der Waals surface area contributed by atoms with Gasteiger partial charge in [-0.1, -0.05) is 6.07 Å². The summed E-state index contributed by atoms with van der Waals surface area (Å²) in [5, 5.41) is 2.07. The van der Waals surface area contributed by atoms with Gasteiger partial charge in [-0.25, -0.2) is 0 Å². The molecule has 144 valence electrons. The van der Waals surface area contributed by atoms with Crippen molar-refractivity contribution in [1.29, 1.82) is 0 Å². The molecule has 2 fully saturated rings. The SMILES string of the molecule is NC(=O)c1ccc2cncc(N3CCC(COC4CCOCC4)CC3)c2c1. The second-order valence-corrected chi connectivity index (χ2v) is 7.53. The Morgan fingerprint density at radius 2 is 1.96 bits per heavy atom. The number of rotatable bonds is 5. The molecule has 4 rings (SSSR count). The van der Waals surface area contributed by atoms with Gasteiger partial charge >= 0.3 is 0 Å². The van der Waals surface area contributed by atoms with Gasteiger partial charge in [-0.2, -0.15) is 0 Å². The molecule has 2 N–H and O–H groups in total. The molecule has 1 aromatic carbocycles. The van der Waals surface area contributed by atoms with E-state index in [0.717, 1.165) is 75.1 Å². The monoisotopic (exact) mass is 369 g/mol. The Morgan fingerprint density at radius 1 is 1.19 bits per heavy atom. The number of hydrogen-bond donors (Lipinski definition) is 1. The lowest BCUT2D eigenvalue weighted by molar-refractivity contribution is -0.0448. The molecule has 2 aromatic rings. The maximum atomic E-state index is 11.5. The number of hydrogen-bond acceptors (Lipinski definition) is 5. The van der Waals surface area contributed by atoms with Gasteiger partial charge in [0.15, 0.2) is 0 Å². The Bertz CT molecular complexity index is 796. The van der Waals surface area contributed by atoms with Crippen LogP contribution >= 0.6 is 0 Å². The first-order valence-corrected chi connectivity index (χ1v) is 9.82. The molecule has 27 heavy (non-hydrogen) atoms. The van der Waals surface area contributed by atoms with Crippen molar-refractivity contribution in [3.05, 3.63) is 36.2 Å². The number of primary amides is 1. The molecular formula is C21H27N3O3. The van der Waals surface area contributed by atoms with Crippen LogP contribution < -0.4 is 10.6 Å². The van der Waals surface area contributed by atoms with E-state index in [0.29, 0.717) is 17.6 Å². The van der Waals surface area contributed by atoms with Gasteiger partial charge in [-0.05, 0) is 43.7 Å². The minimum Gasteiger partial charge on any atom is -0.381 e. The predicted octanol–water partition coefficient (Wildman–Crippen LogP) is 2.75. The van der Waals surface area contributed by atoms with Crippen molar-refractivity contribution in [3.8, 4) is 0 Å². The van der Waals surface area contributed by atoms with Gasteiger partial charge in [0.1, 0.15) is 0 Å². The minimum absolute atomic E-state index is 0.367. The van der Waals surface area contributed by atoms with Crippen LogP contribution in [0, 0.1) is 5.92 Å². The lowest BCUT2D eigenvalue weighted by Crippen LogP contribution is -2.36. The lowest BCUT2D eigenvalue weighted by Gasteiger charge is -2.35. The van der Waals surface area contributed by atoms with Crippen LogP contribution in [0.3, 0.4) is 0 Å². The highest BCUT2D eigenvalue weighted by atomic mass is 16.5. The second-order valence-electron chi connectivity index (χ2n) is 7.53. The van der Waals surface area contributed by atoms with Crippen molar-refractivity contribution in [3.63, 3.8) is 0 Å². The highest BCUT2D eigenvalue weighted by Gasteiger charge is 2.23. The molecule has 6 nitrogen and oxygen atoms in total. The third-order valence-electron chi connectivity index (χ3n) is 5.72. The molecule has 0 bridgehead atoms. The number of benzene rings is 1. The molecule has 0 spiro atoms. The normalized spacial score (nSPS) is 19.5. The van der Waals surface area contributed by atoms with Crippen molar-refractivity contribution >= 4 is 22.4 Å². The highest BCUT2D eigenvalue weighted by Crippen LogP contribution is 2.30. The van der Waals surface area contributed by atoms with Crippen LogP contribution in [0.5, 0.6) is 0 Å². The standard InChI is InChI=1S/C21H27N3O3/c22-21(25)16-1-2-17-12-23-13-20(19(17)11-16)24-7-3-15(4-8-24)14-27-18-5-9-26-10-6-18/h1-2,11-13,15,18H,3-10,14H2,(H2,22,25). The van der Waals surface area contributed by atoms with Gasteiger partial charge in [-0.3, -0.25) is 9.78 Å². The number of anilines is 1. The molecule has 0 radical (unpaired) electrons. The van der Waals surface area contributed by atoms with E-state index in [-0.39, 0.29) is 0 Å². The van der Waals surface area contributed by atoms with Crippen molar-refractivity contribution in [2.24, 2.45) is 11.7 Å². The van der Waals surface area contributed by atoms with Crippen molar-refractivity contribution < 1.29 is 14.3 Å². The summed E-state index contributed by atoms with van der Waals surface area (Å²) in [5.74, 6) is 0.205. The Balaban J connectivity index is 1.40. The maximum Gasteiger partial charge on any atom is 0.248 e. The van der Waals surface area contributed by atoms with E-state index in [1.807, 2.05) is 24.5 Å². The van der Waals surface area contributed by atoms with Crippen LogP contribution in [0.15, 0.2) is 30.6 Å². The molecule has 3 heterocycles. The largest absolute Gasteiger partial charge is 0.381 e. The zero-order valence-corrected chi connectivity index (χ0v) is 15.6. The molecule has 0 atom stereocenters. The quantitative estimate of drug-likeness (QED) is 0.877. The number of piperidine rings is 1. The van der Waals surface area contributed by atoms with E-state index in [4.69, 9.17) is 15.2 Å². The number of aromatic nitrogens is 1. The lowest BCUT2D eigenvalue weighted by atomic mass is 9.96. The Kier molecular flexibility index (Phi) is 5.55. The predicted molar refractivity (Wildman–Crippen MR) is 105 cm³/mol. The summed E-state index contributed by atoms with van der Waals surface area (Å²) in [6.45, 7) is 4.44. The Hall–Kier alpha value is -2.18. The third-order valence-corrected chi connectivity index (χ3v) is 5.72. The molecule has 2 saturated heterocycles. The molecule has 0 unspecified atom stereocenters. The van der Waals surface area contributed by atoms with E-state index in [1.54, 1.807) is 6.07 Å². The smallest absolute Gasteiger partial charge is 0.248 e. The number of fused-ring (bicyclic) bond motifs is 1. The average molecular weight is 369 g/mol. The van der Waals surface area contributed by atoms with Gasteiger partial charge in [0, 0.05) is 55.4 Å². The molecule has 1 aromatic heterocycles. The van der Waals surface area contributed by atoms with Crippen LogP contribution in [-0.2, 0) is 9.47 Å². The summed E-state index contributed by atoms with van der Waals surface area (Å²) in [5.41, 5.74) is 7.08. The second kappa shape index (κ2) is 8.23. The summed E-state index contributed by atoms with van der Waals surface area (Å²) >= 11 is 0. The molecular weight excluding hydrogens is 342 g/mol. The fourth-order valence-electron chi connectivity index (χ4n) is 4.01. The summed E-state index contributed by atoms with van der Waals surface area (Å²) in [7, 11) is 0. The van der Waals surface area contributed by atoms with Crippen LogP contribution in [0.25, 0.3) is 10.8 Å². The van der Waals surface area contributed by atoms with Crippen LogP contribution in [0.1, 0.15) is 36.0 Å². The number of carbonyl (C=O) groups is 1. The third kappa shape index (κ3) is 4.22. The van der Waals surface area contributed by atoms with Gasteiger partial charge < -0.3 is 20.1 Å². The van der Waals surface area contributed by atoms with Crippen molar-refractivity contribution in [2.75, 3.05) is 37.8 Å². The van der Waals surface area contributed by atoms with Gasteiger partial charge in [0.05, 0.1) is 18.0 Å². The van der Waals surface area contributed by atoms with E-state index >= 15 is 0 Å². The van der Waals surface area contributed by atoms with Gasteiger partial charge in [-0.15, -0.1) is 0 Å². The number of carbonyl (C=O) groups excluding carboxylic acids is 1. The first-order chi connectivity index (χ1) is 13.2. The first kappa shape index (κ1) is 18.2. The minimum atomic E-state index is -0.399. The molecule has 2 aliphatic heterocycles. The van der Waals surface area contributed by atoms with Crippen LogP contribution in [-0.4, -0.2) is 49.9 Å². The number of nitrogens with zero attached hydrogens (tertiary/aromatic N) is 2. The highest BCUT2D eigenvalue weighted by molar-refractivity contribution is 6.01. The van der Waals surface area contributed by atoms with Crippen molar-refractivity contribution in [1.82, 2.24) is 4.98 Å². The van der Waals surface area contributed by atoms with Crippen LogP contribution in [0.2, 0.25) is 0 Å². The van der Waals surface area contributed by atoms with E-state index in [9.17, 15) is 4.79 Å². The van der Waals surface area contributed by atoms with Gasteiger partial charge in [0.25, 0.3) is 0 Å². The molecule has 0 aliphatic carbocycles. The fraction of sp³-hybridized carbons (Fsp3) is 0.524. The molecule has 0 saturated carbocycles. The number of amides is 1. The topological polar surface area (TPSA) is 77.7 Å². The van der Waals surface area contributed by atoms with E-state index in [1.165, 1.54) is 0 Å². The van der Waals surface area contributed by atoms with Gasteiger partial charge in [0.2, 0.25) is 5.91 Å². The van der Waals surface area contributed by atoms with Crippen molar-refractivity contribution in [2.45, 2.75) is 31.8 Å². The Labute approximate surface area is 159 Å². The average Bonchev–Trinajstić information content (AvgIpc) is 2.72. The molecule has 6 heteroatoms. The number of pyridine rings is 1. The fourth-order valence-corrected chi connectivity index (χ4v) is 4.01. The summed E-state index contributed by atoms with van der Waals surface area (Å²) in [6, 6.07) is 5.56. The first-order valence-electron chi connectivity index (χ1n) is 9.82. The Morgan fingerprint density at radius 3 is 2.70 bits per heavy atom. The molecule has 2 aliphatic rings. The number of nitrogens with two attached hydrogens (primary N) is 1. The number of ether oxygens (including phenoxy) is 2. The molecule has 1 amide bonds. The summed E-state index contributed by atoms with van der Waals surface area (Å²) in [6.07, 6.45) is 8.34. The summed E-state index contributed by atoms with van der Waals surface area (Å²) in [4.78, 5) is 18.3. The maximum absolute atomic E-state index is 11.5. The van der Waals surface area contributed by atoms with E-state index in [2.05, 4.69) is 9.88 Å². The summed E-state index contributed by atoms with van der Waals surface area (Å²) < 4.78 is 11.5. The zero-order chi connectivity index (χ0) is 18.6. The zero-order valence-electron chi connectivity index (χ0n) is 15.6. The van der Waals surface area contributed by atoms with E-state index < -0.39 is 5.91 Å². The van der Waals surface area contributed by atoms with Crippen LogP contribution in [0.4, 0.5) is 5.69 Å².